The number of nitrogens with two attached hydrogens (primary N) is 1. The van der Waals surface area contributed by atoms with Crippen molar-refractivity contribution in [1.82, 2.24) is 0 Å². The number of anilines is 1. The van der Waals surface area contributed by atoms with Crippen molar-refractivity contribution >= 4 is 23.1 Å². The fourth-order valence-electron chi connectivity index (χ4n) is 1.98. The van der Waals surface area contributed by atoms with E-state index in [-0.39, 0.29) is 5.84 Å². The summed E-state index contributed by atoms with van der Waals surface area (Å²) in [5.41, 5.74) is 7.25. The van der Waals surface area contributed by atoms with Crippen LogP contribution >= 0.6 is 11.6 Å². The topological polar surface area (TPSA) is 62.3 Å². The highest BCUT2D eigenvalue weighted by molar-refractivity contribution is 6.31. The van der Waals surface area contributed by atoms with Gasteiger partial charge in [0.25, 0.3) is 0 Å². The number of nitrogens with one attached hydrogen (secondary N) is 1. The Morgan fingerprint density at radius 1 is 1.35 bits per heavy atom. The number of ether oxygens (including phenoxy) is 1. The van der Waals surface area contributed by atoms with Crippen molar-refractivity contribution in [1.29, 1.82) is 5.41 Å². The molecule has 5 heteroatoms. The summed E-state index contributed by atoms with van der Waals surface area (Å²) in [6.07, 6.45) is 0.976. The van der Waals surface area contributed by atoms with Crippen molar-refractivity contribution in [3.05, 3.63) is 28.8 Å². The molecule has 92 valence electrons. The molecule has 1 aromatic carbocycles. The maximum absolute atomic E-state index is 7.60. The summed E-state index contributed by atoms with van der Waals surface area (Å²) in [5, 5.41) is 8.26. The number of hydrogen-bond acceptors (Lipinski definition) is 3. The van der Waals surface area contributed by atoms with E-state index in [9.17, 15) is 0 Å². The van der Waals surface area contributed by atoms with Gasteiger partial charge in [-0.3, -0.25) is 5.41 Å². The molecule has 1 fully saturated rings. The Kier molecular flexibility index (Phi) is 3.86. The van der Waals surface area contributed by atoms with Gasteiger partial charge >= 0.3 is 0 Å². The fraction of sp³-hybridized carbons (Fsp3) is 0.417. The Bertz CT molecular complexity index is 414. The van der Waals surface area contributed by atoms with Gasteiger partial charge in [0, 0.05) is 36.0 Å². The lowest BCUT2D eigenvalue weighted by Crippen LogP contribution is -2.28. The predicted molar refractivity (Wildman–Crippen MR) is 70.1 cm³/mol. The average molecular weight is 254 g/mol. The Morgan fingerprint density at radius 3 is 2.94 bits per heavy atom. The SMILES string of the molecule is N=C(N)c1ccc(Cl)cc1N1CCCOCC1. The summed E-state index contributed by atoms with van der Waals surface area (Å²) in [5.74, 6) is 0.0711. The molecule has 0 saturated carbocycles. The van der Waals surface area contributed by atoms with Gasteiger partial charge in [-0.05, 0) is 24.6 Å². The zero-order valence-electron chi connectivity index (χ0n) is 9.58. The lowest BCUT2D eigenvalue weighted by atomic mass is 10.1. The standard InChI is InChI=1S/C12H16ClN3O/c13-9-2-3-10(12(14)15)11(8-9)16-4-1-6-17-7-5-16/h2-3,8H,1,4-7H2,(H3,14,15). The maximum atomic E-state index is 7.60. The molecule has 0 bridgehead atoms. The number of hydrogen-bond donors (Lipinski definition) is 2. The van der Waals surface area contributed by atoms with Gasteiger partial charge in [0.2, 0.25) is 0 Å². The van der Waals surface area contributed by atoms with Crippen LogP contribution in [-0.2, 0) is 4.74 Å². The smallest absolute Gasteiger partial charge is 0.124 e. The van der Waals surface area contributed by atoms with Gasteiger partial charge in [0.05, 0.1) is 6.61 Å². The molecule has 1 saturated heterocycles. The molecule has 0 unspecified atom stereocenters. The normalized spacial score (nSPS) is 16.6. The van der Waals surface area contributed by atoms with Crippen LogP contribution < -0.4 is 10.6 Å². The zero-order valence-corrected chi connectivity index (χ0v) is 10.3. The van der Waals surface area contributed by atoms with Crippen LogP contribution in [0, 0.1) is 5.41 Å². The van der Waals surface area contributed by atoms with Crippen LogP contribution in [0.5, 0.6) is 0 Å². The van der Waals surface area contributed by atoms with Gasteiger partial charge in [-0.25, -0.2) is 0 Å². The van der Waals surface area contributed by atoms with Crippen molar-refractivity contribution in [2.45, 2.75) is 6.42 Å². The van der Waals surface area contributed by atoms with E-state index in [1.165, 1.54) is 0 Å². The molecule has 4 nitrogen and oxygen atoms in total. The molecule has 0 aliphatic carbocycles. The van der Waals surface area contributed by atoms with Gasteiger partial charge in [-0.2, -0.15) is 0 Å². The largest absolute Gasteiger partial charge is 0.384 e. The first-order chi connectivity index (χ1) is 8.18. The first kappa shape index (κ1) is 12.2. The molecule has 1 aliphatic heterocycles. The van der Waals surface area contributed by atoms with Crippen molar-refractivity contribution in [2.75, 3.05) is 31.2 Å². The number of benzene rings is 1. The lowest BCUT2D eigenvalue weighted by molar-refractivity contribution is 0.152. The van der Waals surface area contributed by atoms with E-state index in [2.05, 4.69) is 4.90 Å². The van der Waals surface area contributed by atoms with Gasteiger partial charge < -0.3 is 15.4 Å². The average Bonchev–Trinajstić information content (AvgIpc) is 2.56. The summed E-state index contributed by atoms with van der Waals surface area (Å²) in [7, 11) is 0. The Labute approximate surface area is 106 Å². The molecule has 0 radical (unpaired) electrons. The number of rotatable bonds is 2. The molecule has 2 rings (SSSR count). The van der Waals surface area contributed by atoms with Crippen molar-refractivity contribution in [2.24, 2.45) is 5.73 Å². The van der Waals surface area contributed by atoms with Gasteiger partial charge in [-0.1, -0.05) is 11.6 Å². The number of halogens is 1. The summed E-state index contributed by atoms with van der Waals surface area (Å²) < 4.78 is 5.42. The van der Waals surface area contributed by atoms with E-state index in [0.717, 1.165) is 37.4 Å². The third-order valence-corrected chi connectivity index (χ3v) is 3.05. The van der Waals surface area contributed by atoms with Crippen LogP contribution in [0.4, 0.5) is 5.69 Å². The number of nitrogen functional groups attached to an aromatic ring is 1. The second-order valence-electron chi connectivity index (χ2n) is 4.03. The minimum atomic E-state index is 0.0711. The van der Waals surface area contributed by atoms with Crippen molar-refractivity contribution in [3.8, 4) is 0 Å². The monoisotopic (exact) mass is 253 g/mol. The van der Waals surface area contributed by atoms with Gasteiger partial charge in [-0.15, -0.1) is 0 Å². The van der Waals surface area contributed by atoms with E-state index in [1.807, 2.05) is 6.07 Å². The summed E-state index contributed by atoms with van der Waals surface area (Å²) >= 11 is 6.01. The van der Waals surface area contributed by atoms with E-state index < -0.39 is 0 Å². The molecule has 1 aliphatic rings. The second kappa shape index (κ2) is 5.38. The van der Waals surface area contributed by atoms with Crippen molar-refractivity contribution in [3.63, 3.8) is 0 Å². The molecular formula is C12H16ClN3O. The molecule has 0 atom stereocenters. The predicted octanol–water partition coefficient (Wildman–Crippen LogP) is 1.85. The molecule has 1 heterocycles. The summed E-state index contributed by atoms with van der Waals surface area (Å²) in [6.45, 7) is 3.19. The minimum Gasteiger partial charge on any atom is -0.384 e. The number of amidine groups is 1. The Balaban J connectivity index is 2.34. The quantitative estimate of drug-likeness (QED) is 0.625. The third kappa shape index (κ3) is 2.90. The van der Waals surface area contributed by atoms with E-state index >= 15 is 0 Å². The van der Waals surface area contributed by atoms with Gasteiger partial charge in [0.15, 0.2) is 0 Å². The van der Waals surface area contributed by atoms with E-state index in [4.69, 9.17) is 27.5 Å². The molecule has 1 aromatic rings. The Hall–Kier alpha value is -1.26. The van der Waals surface area contributed by atoms with Crippen LogP contribution in [0.15, 0.2) is 18.2 Å². The van der Waals surface area contributed by atoms with E-state index in [1.54, 1.807) is 12.1 Å². The summed E-state index contributed by atoms with van der Waals surface area (Å²) in [4.78, 5) is 2.18. The Morgan fingerprint density at radius 2 is 2.18 bits per heavy atom. The third-order valence-electron chi connectivity index (χ3n) is 2.81. The molecular weight excluding hydrogens is 238 g/mol. The fourth-order valence-corrected chi connectivity index (χ4v) is 2.15. The van der Waals surface area contributed by atoms with Crippen LogP contribution in [0.2, 0.25) is 5.02 Å². The highest BCUT2D eigenvalue weighted by Crippen LogP contribution is 2.25. The second-order valence-corrected chi connectivity index (χ2v) is 4.46. The summed E-state index contributed by atoms with van der Waals surface area (Å²) in [6, 6.07) is 5.42. The lowest BCUT2D eigenvalue weighted by Gasteiger charge is -2.24. The van der Waals surface area contributed by atoms with Gasteiger partial charge in [0.1, 0.15) is 5.84 Å². The molecule has 17 heavy (non-hydrogen) atoms. The first-order valence-corrected chi connectivity index (χ1v) is 6.03. The van der Waals surface area contributed by atoms with Crippen molar-refractivity contribution < 1.29 is 4.74 Å². The molecule has 0 spiro atoms. The van der Waals surface area contributed by atoms with Crippen LogP contribution in [0.3, 0.4) is 0 Å². The highest BCUT2D eigenvalue weighted by atomic mass is 35.5. The van der Waals surface area contributed by atoms with E-state index in [0.29, 0.717) is 11.6 Å². The minimum absolute atomic E-state index is 0.0711. The van der Waals surface area contributed by atoms with Crippen LogP contribution in [-0.4, -0.2) is 32.1 Å². The highest BCUT2D eigenvalue weighted by Gasteiger charge is 2.15. The van der Waals surface area contributed by atoms with Crippen LogP contribution in [0.1, 0.15) is 12.0 Å². The zero-order chi connectivity index (χ0) is 12.3. The van der Waals surface area contributed by atoms with Crippen LogP contribution in [0.25, 0.3) is 0 Å². The molecule has 0 aromatic heterocycles. The maximum Gasteiger partial charge on any atom is 0.124 e. The molecule has 3 N–H and O–H groups in total. The molecule has 0 amide bonds. The first-order valence-electron chi connectivity index (χ1n) is 5.65. The number of nitrogens with zero attached hydrogens (tertiary/aromatic N) is 1.